The van der Waals surface area contributed by atoms with Gasteiger partial charge in [0.2, 0.25) is 11.8 Å². The highest BCUT2D eigenvalue weighted by molar-refractivity contribution is 6.33. The maximum absolute atomic E-state index is 14.1. The van der Waals surface area contributed by atoms with Gasteiger partial charge < -0.3 is 9.32 Å². The summed E-state index contributed by atoms with van der Waals surface area (Å²) in [4.78, 5) is 14.3. The maximum Gasteiger partial charge on any atom is 0.416 e. The minimum absolute atomic E-state index is 0.0366. The molecule has 10 heteroatoms. The summed E-state index contributed by atoms with van der Waals surface area (Å²) in [6.07, 6.45) is -3.12. The largest absolute Gasteiger partial charge is 0.420 e. The van der Waals surface area contributed by atoms with Gasteiger partial charge in [-0.3, -0.25) is 4.79 Å². The average Bonchev–Trinajstić information content (AvgIpc) is 3.23. The summed E-state index contributed by atoms with van der Waals surface area (Å²) in [6, 6.07) is 8.46. The number of amides is 1. The molecule has 3 aromatic rings. The van der Waals surface area contributed by atoms with Gasteiger partial charge in [0.1, 0.15) is 5.82 Å². The number of alkyl halides is 3. The Morgan fingerprint density at radius 1 is 1.13 bits per heavy atom. The quantitative estimate of drug-likeness (QED) is 0.487. The molecular weight excluding hydrogens is 438 g/mol. The Balaban J connectivity index is 1.51. The molecule has 1 aliphatic heterocycles. The van der Waals surface area contributed by atoms with Crippen molar-refractivity contribution in [1.82, 2.24) is 15.1 Å². The van der Waals surface area contributed by atoms with Crippen LogP contribution in [-0.2, 0) is 6.18 Å². The first-order chi connectivity index (χ1) is 14.7. The van der Waals surface area contributed by atoms with Crippen LogP contribution in [0.5, 0.6) is 0 Å². The van der Waals surface area contributed by atoms with E-state index in [-0.39, 0.29) is 34.8 Å². The number of nitrogens with zero attached hydrogens (tertiary/aromatic N) is 3. The Bertz CT molecular complexity index is 1080. The zero-order valence-electron chi connectivity index (χ0n) is 16.0. The van der Waals surface area contributed by atoms with E-state index in [2.05, 4.69) is 10.2 Å². The van der Waals surface area contributed by atoms with Crippen molar-refractivity contribution in [2.75, 3.05) is 13.1 Å². The summed E-state index contributed by atoms with van der Waals surface area (Å²) in [7, 11) is 0. The molecule has 1 aromatic heterocycles. The van der Waals surface area contributed by atoms with Crippen LogP contribution >= 0.6 is 11.6 Å². The maximum atomic E-state index is 14.1. The molecule has 0 bridgehead atoms. The average molecular weight is 454 g/mol. The smallest absolute Gasteiger partial charge is 0.416 e. The summed E-state index contributed by atoms with van der Waals surface area (Å²) >= 11 is 6.01. The Morgan fingerprint density at radius 3 is 2.55 bits per heavy atom. The second kappa shape index (κ2) is 8.30. The fraction of sp³-hybridized carbons (Fsp3) is 0.286. The Morgan fingerprint density at radius 2 is 1.87 bits per heavy atom. The lowest BCUT2D eigenvalue weighted by atomic mass is 9.97. The van der Waals surface area contributed by atoms with E-state index in [9.17, 15) is 22.4 Å². The standard InChI is InChI=1S/C21H16ClF4N3O2/c22-15-4-1-5-16(23)17(15)20(30)29-10-2-3-13(11-29)19-28-27-18(31-19)12-6-8-14(9-7-12)21(24,25)26/h1,4-9,13H,2-3,10-11H2. The van der Waals surface area contributed by atoms with E-state index in [1.54, 1.807) is 0 Å². The third kappa shape index (κ3) is 4.41. The molecule has 1 unspecified atom stereocenters. The number of halogens is 5. The van der Waals surface area contributed by atoms with E-state index in [0.717, 1.165) is 12.1 Å². The van der Waals surface area contributed by atoms with Crippen LogP contribution < -0.4 is 0 Å². The van der Waals surface area contributed by atoms with Crippen LogP contribution in [0.4, 0.5) is 17.6 Å². The van der Waals surface area contributed by atoms with Crippen molar-refractivity contribution in [2.45, 2.75) is 24.9 Å². The molecule has 4 rings (SSSR count). The van der Waals surface area contributed by atoms with Crippen molar-refractivity contribution in [1.29, 1.82) is 0 Å². The molecule has 1 saturated heterocycles. The van der Waals surface area contributed by atoms with Crippen LogP contribution in [0.15, 0.2) is 46.9 Å². The molecular formula is C21H16ClF4N3O2. The van der Waals surface area contributed by atoms with Crippen LogP contribution in [0.1, 0.15) is 40.6 Å². The van der Waals surface area contributed by atoms with Crippen LogP contribution in [0.2, 0.25) is 5.02 Å². The van der Waals surface area contributed by atoms with Crippen molar-refractivity contribution in [2.24, 2.45) is 0 Å². The molecule has 1 atom stereocenters. The van der Waals surface area contributed by atoms with Crippen LogP contribution in [-0.4, -0.2) is 34.1 Å². The SMILES string of the molecule is O=C(c1c(F)cccc1Cl)N1CCCC(c2nnc(-c3ccc(C(F)(F)F)cc3)o2)C1. The van der Waals surface area contributed by atoms with Gasteiger partial charge in [-0.05, 0) is 49.2 Å². The van der Waals surface area contributed by atoms with E-state index < -0.39 is 23.5 Å². The van der Waals surface area contributed by atoms with Crippen LogP contribution in [0.3, 0.4) is 0 Å². The van der Waals surface area contributed by atoms with Gasteiger partial charge in [-0.1, -0.05) is 17.7 Å². The number of benzene rings is 2. The highest BCUT2D eigenvalue weighted by Gasteiger charge is 2.32. The van der Waals surface area contributed by atoms with Gasteiger partial charge in [-0.15, -0.1) is 10.2 Å². The highest BCUT2D eigenvalue weighted by Crippen LogP contribution is 2.33. The number of hydrogen-bond donors (Lipinski definition) is 0. The molecule has 0 radical (unpaired) electrons. The fourth-order valence-corrected chi connectivity index (χ4v) is 3.79. The van der Waals surface area contributed by atoms with Crippen molar-refractivity contribution < 1.29 is 26.8 Å². The summed E-state index contributed by atoms with van der Waals surface area (Å²) < 4.78 is 58.0. The summed E-state index contributed by atoms with van der Waals surface area (Å²) in [5.41, 5.74) is -0.598. The third-order valence-electron chi connectivity index (χ3n) is 5.13. The summed E-state index contributed by atoms with van der Waals surface area (Å²) in [5, 5.41) is 7.98. The predicted molar refractivity (Wildman–Crippen MR) is 104 cm³/mol. The van der Waals surface area contributed by atoms with Gasteiger partial charge >= 0.3 is 6.18 Å². The number of piperidine rings is 1. The Labute approximate surface area is 179 Å². The molecule has 0 aliphatic carbocycles. The molecule has 2 aromatic carbocycles. The van der Waals surface area contributed by atoms with Gasteiger partial charge in [-0.25, -0.2) is 4.39 Å². The van der Waals surface area contributed by atoms with Crippen LogP contribution in [0.25, 0.3) is 11.5 Å². The Hall–Kier alpha value is -2.94. The molecule has 162 valence electrons. The van der Waals surface area contributed by atoms with Gasteiger partial charge in [0.25, 0.3) is 5.91 Å². The van der Waals surface area contributed by atoms with E-state index in [0.29, 0.717) is 24.9 Å². The first kappa shape index (κ1) is 21.3. The summed E-state index contributed by atoms with van der Waals surface area (Å²) in [5.74, 6) is -1.13. The van der Waals surface area contributed by atoms with Gasteiger partial charge in [0.05, 0.1) is 22.1 Å². The monoisotopic (exact) mass is 453 g/mol. The topological polar surface area (TPSA) is 59.2 Å². The van der Waals surface area contributed by atoms with E-state index in [4.69, 9.17) is 16.0 Å². The zero-order chi connectivity index (χ0) is 22.2. The number of hydrogen-bond acceptors (Lipinski definition) is 4. The normalized spacial score (nSPS) is 17.1. The highest BCUT2D eigenvalue weighted by atomic mass is 35.5. The first-order valence-corrected chi connectivity index (χ1v) is 9.86. The lowest BCUT2D eigenvalue weighted by Gasteiger charge is -2.31. The van der Waals surface area contributed by atoms with Crippen LogP contribution in [0, 0.1) is 5.82 Å². The predicted octanol–water partition coefficient (Wildman–Crippen LogP) is 5.57. The van der Waals surface area contributed by atoms with Crippen molar-refractivity contribution in [3.8, 4) is 11.5 Å². The number of likely N-dealkylation sites (tertiary alicyclic amines) is 1. The fourth-order valence-electron chi connectivity index (χ4n) is 3.54. The van der Waals surface area contributed by atoms with Crippen molar-refractivity contribution >= 4 is 17.5 Å². The molecule has 2 heterocycles. The van der Waals surface area contributed by atoms with E-state index >= 15 is 0 Å². The molecule has 0 saturated carbocycles. The van der Waals surface area contributed by atoms with Gasteiger partial charge in [0, 0.05) is 18.7 Å². The second-order valence-corrected chi connectivity index (χ2v) is 7.61. The van der Waals surface area contributed by atoms with Crippen molar-refractivity contribution in [3.63, 3.8) is 0 Å². The summed E-state index contributed by atoms with van der Waals surface area (Å²) in [6.45, 7) is 0.665. The van der Waals surface area contributed by atoms with E-state index in [1.807, 2.05) is 0 Å². The molecule has 1 amide bonds. The molecule has 1 aliphatic rings. The van der Waals surface area contributed by atoms with Gasteiger partial charge in [0.15, 0.2) is 0 Å². The molecule has 5 nitrogen and oxygen atoms in total. The zero-order valence-corrected chi connectivity index (χ0v) is 16.8. The lowest BCUT2D eigenvalue weighted by Crippen LogP contribution is -2.39. The molecule has 31 heavy (non-hydrogen) atoms. The third-order valence-corrected chi connectivity index (χ3v) is 5.45. The number of carbonyl (C=O) groups is 1. The van der Waals surface area contributed by atoms with E-state index in [1.165, 1.54) is 35.2 Å². The first-order valence-electron chi connectivity index (χ1n) is 9.48. The minimum Gasteiger partial charge on any atom is -0.420 e. The minimum atomic E-state index is -4.43. The molecule has 1 fully saturated rings. The molecule has 0 N–H and O–H groups in total. The molecule has 0 spiro atoms. The Kier molecular flexibility index (Phi) is 5.70. The second-order valence-electron chi connectivity index (χ2n) is 7.21. The number of rotatable bonds is 3. The number of aromatic nitrogens is 2. The number of carbonyl (C=O) groups excluding carboxylic acids is 1. The lowest BCUT2D eigenvalue weighted by molar-refractivity contribution is -0.137. The van der Waals surface area contributed by atoms with Crippen molar-refractivity contribution in [3.05, 3.63) is 70.3 Å². The van der Waals surface area contributed by atoms with Gasteiger partial charge in [-0.2, -0.15) is 13.2 Å².